The van der Waals surface area contributed by atoms with E-state index in [0.717, 1.165) is 38.5 Å². The van der Waals surface area contributed by atoms with Gasteiger partial charge in [-0.25, -0.2) is 4.79 Å². The Morgan fingerprint density at radius 1 is 1.50 bits per heavy atom. The zero-order valence-electron chi connectivity index (χ0n) is 10.3. The summed E-state index contributed by atoms with van der Waals surface area (Å²) >= 11 is 0. The van der Waals surface area contributed by atoms with Crippen molar-refractivity contribution in [2.24, 2.45) is 0 Å². The normalized spacial score (nSPS) is 27.8. The molecule has 0 aromatic rings. The second kappa shape index (κ2) is 5.53. The van der Waals surface area contributed by atoms with Gasteiger partial charge in [-0.2, -0.15) is 0 Å². The SMILES string of the molecule is CCCCC1(C(C)O)CCCCN1C(=O)O. The highest BCUT2D eigenvalue weighted by Gasteiger charge is 2.44. The predicted molar refractivity (Wildman–Crippen MR) is 62.5 cm³/mol. The van der Waals surface area contributed by atoms with Crippen molar-refractivity contribution in [1.29, 1.82) is 0 Å². The average molecular weight is 229 g/mol. The average Bonchev–Trinajstić information content (AvgIpc) is 2.26. The molecule has 1 heterocycles. The molecule has 0 aliphatic carbocycles. The van der Waals surface area contributed by atoms with Crippen molar-refractivity contribution in [2.45, 2.75) is 64.0 Å². The van der Waals surface area contributed by atoms with Gasteiger partial charge in [0.05, 0.1) is 11.6 Å². The Kier molecular flexibility index (Phi) is 4.59. The summed E-state index contributed by atoms with van der Waals surface area (Å²) in [5.74, 6) is 0. The number of carbonyl (C=O) groups is 1. The molecular formula is C12H23NO3. The van der Waals surface area contributed by atoms with E-state index < -0.39 is 17.7 Å². The summed E-state index contributed by atoms with van der Waals surface area (Å²) in [4.78, 5) is 12.7. The fraction of sp³-hybridized carbons (Fsp3) is 0.917. The second-order valence-electron chi connectivity index (χ2n) is 4.77. The van der Waals surface area contributed by atoms with Crippen molar-refractivity contribution in [3.8, 4) is 0 Å². The van der Waals surface area contributed by atoms with Crippen LogP contribution in [-0.4, -0.2) is 39.4 Å². The Labute approximate surface area is 97.3 Å². The fourth-order valence-electron chi connectivity index (χ4n) is 2.73. The lowest BCUT2D eigenvalue weighted by Gasteiger charge is -2.48. The minimum absolute atomic E-state index is 0.542. The molecule has 1 amide bonds. The molecule has 1 rings (SSSR count). The highest BCUT2D eigenvalue weighted by molar-refractivity contribution is 5.66. The van der Waals surface area contributed by atoms with Crippen LogP contribution >= 0.6 is 0 Å². The van der Waals surface area contributed by atoms with Gasteiger partial charge in [-0.3, -0.25) is 0 Å². The van der Waals surface area contributed by atoms with Gasteiger partial charge in [0, 0.05) is 6.54 Å². The third kappa shape index (κ3) is 2.48. The van der Waals surface area contributed by atoms with Gasteiger partial charge in [-0.05, 0) is 32.6 Å². The molecule has 0 aromatic carbocycles. The second-order valence-corrected chi connectivity index (χ2v) is 4.77. The topological polar surface area (TPSA) is 60.8 Å². The van der Waals surface area contributed by atoms with Crippen LogP contribution in [0.1, 0.15) is 52.4 Å². The van der Waals surface area contributed by atoms with Crippen LogP contribution in [0.4, 0.5) is 4.79 Å². The molecule has 4 heteroatoms. The van der Waals surface area contributed by atoms with Gasteiger partial charge >= 0.3 is 6.09 Å². The van der Waals surface area contributed by atoms with Crippen LogP contribution in [0.25, 0.3) is 0 Å². The number of piperidine rings is 1. The predicted octanol–water partition coefficient (Wildman–Crippen LogP) is 2.46. The van der Waals surface area contributed by atoms with E-state index in [1.807, 2.05) is 0 Å². The lowest BCUT2D eigenvalue weighted by Crippen LogP contribution is -2.60. The molecule has 1 aliphatic rings. The third-order valence-corrected chi connectivity index (χ3v) is 3.75. The number of nitrogens with zero attached hydrogens (tertiary/aromatic N) is 1. The standard InChI is InChI=1S/C12H23NO3/c1-3-4-7-12(10(2)14)8-5-6-9-13(12)11(15)16/h10,14H,3-9H2,1-2H3,(H,15,16). The molecule has 2 unspecified atom stereocenters. The molecule has 0 bridgehead atoms. The van der Waals surface area contributed by atoms with Crippen molar-refractivity contribution in [1.82, 2.24) is 4.90 Å². The quantitative estimate of drug-likeness (QED) is 0.778. The van der Waals surface area contributed by atoms with Crippen molar-refractivity contribution >= 4 is 6.09 Å². The Morgan fingerprint density at radius 3 is 2.69 bits per heavy atom. The van der Waals surface area contributed by atoms with Crippen LogP contribution < -0.4 is 0 Å². The van der Waals surface area contributed by atoms with E-state index >= 15 is 0 Å². The van der Waals surface area contributed by atoms with Crippen LogP contribution in [0.2, 0.25) is 0 Å². The number of amides is 1. The summed E-state index contributed by atoms with van der Waals surface area (Å²) in [6.07, 6.45) is 4.00. The van der Waals surface area contributed by atoms with Gasteiger partial charge in [0.25, 0.3) is 0 Å². The maximum absolute atomic E-state index is 11.3. The summed E-state index contributed by atoms with van der Waals surface area (Å²) in [7, 11) is 0. The number of likely N-dealkylation sites (tertiary alicyclic amines) is 1. The molecule has 0 aromatic heterocycles. The number of aliphatic hydroxyl groups is 1. The highest BCUT2D eigenvalue weighted by atomic mass is 16.4. The molecule has 2 atom stereocenters. The first-order valence-corrected chi connectivity index (χ1v) is 6.23. The summed E-state index contributed by atoms with van der Waals surface area (Å²) < 4.78 is 0. The van der Waals surface area contributed by atoms with E-state index in [0.29, 0.717) is 6.54 Å². The van der Waals surface area contributed by atoms with E-state index in [1.54, 1.807) is 6.92 Å². The molecule has 16 heavy (non-hydrogen) atoms. The molecule has 1 fully saturated rings. The largest absolute Gasteiger partial charge is 0.465 e. The van der Waals surface area contributed by atoms with E-state index in [2.05, 4.69) is 6.92 Å². The van der Waals surface area contributed by atoms with Gasteiger partial charge in [0.15, 0.2) is 0 Å². The van der Waals surface area contributed by atoms with Crippen LogP contribution in [0, 0.1) is 0 Å². The molecular weight excluding hydrogens is 206 g/mol. The Morgan fingerprint density at radius 2 is 2.19 bits per heavy atom. The molecule has 0 spiro atoms. The molecule has 94 valence electrons. The Balaban J connectivity index is 2.88. The highest BCUT2D eigenvalue weighted by Crippen LogP contribution is 2.35. The van der Waals surface area contributed by atoms with E-state index in [9.17, 15) is 15.0 Å². The van der Waals surface area contributed by atoms with Gasteiger partial charge in [0.1, 0.15) is 0 Å². The number of carboxylic acid groups (broad SMARTS) is 1. The van der Waals surface area contributed by atoms with Gasteiger partial charge < -0.3 is 15.1 Å². The van der Waals surface area contributed by atoms with Crippen LogP contribution in [-0.2, 0) is 0 Å². The van der Waals surface area contributed by atoms with E-state index in [1.165, 1.54) is 4.90 Å². The number of hydrogen-bond donors (Lipinski definition) is 2. The molecule has 0 radical (unpaired) electrons. The van der Waals surface area contributed by atoms with E-state index in [4.69, 9.17) is 0 Å². The molecule has 0 saturated carbocycles. The van der Waals surface area contributed by atoms with Gasteiger partial charge in [0.2, 0.25) is 0 Å². The molecule has 4 nitrogen and oxygen atoms in total. The number of unbranched alkanes of at least 4 members (excludes halogenated alkanes) is 1. The molecule has 2 N–H and O–H groups in total. The maximum Gasteiger partial charge on any atom is 0.407 e. The lowest BCUT2D eigenvalue weighted by atomic mass is 9.78. The first-order valence-electron chi connectivity index (χ1n) is 6.23. The van der Waals surface area contributed by atoms with Crippen LogP contribution in [0.5, 0.6) is 0 Å². The Hall–Kier alpha value is -0.770. The zero-order valence-corrected chi connectivity index (χ0v) is 10.3. The van der Waals surface area contributed by atoms with Crippen molar-refractivity contribution in [2.75, 3.05) is 6.54 Å². The first kappa shape index (κ1) is 13.3. The first-order chi connectivity index (χ1) is 7.54. The Bertz CT molecular complexity index is 242. The minimum atomic E-state index is -0.892. The number of rotatable bonds is 4. The maximum atomic E-state index is 11.3. The third-order valence-electron chi connectivity index (χ3n) is 3.75. The van der Waals surface area contributed by atoms with Crippen molar-refractivity contribution in [3.63, 3.8) is 0 Å². The van der Waals surface area contributed by atoms with Crippen LogP contribution in [0.3, 0.4) is 0 Å². The molecule has 1 saturated heterocycles. The van der Waals surface area contributed by atoms with Crippen LogP contribution in [0.15, 0.2) is 0 Å². The van der Waals surface area contributed by atoms with Gasteiger partial charge in [-0.15, -0.1) is 0 Å². The van der Waals surface area contributed by atoms with Crippen molar-refractivity contribution < 1.29 is 15.0 Å². The molecule has 1 aliphatic heterocycles. The van der Waals surface area contributed by atoms with E-state index in [-0.39, 0.29) is 0 Å². The van der Waals surface area contributed by atoms with Gasteiger partial charge in [-0.1, -0.05) is 19.8 Å². The monoisotopic (exact) mass is 229 g/mol. The zero-order chi connectivity index (χ0) is 12.2. The number of aliphatic hydroxyl groups excluding tert-OH is 1. The fourth-order valence-corrected chi connectivity index (χ4v) is 2.73. The number of hydrogen-bond acceptors (Lipinski definition) is 2. The lowest BCUT2D eigenvalue weighted by molar-refractivity contribution is -0.0421. The summed E-state index contributed by atoms with van der Waals surface area (Å²) in [5, 5.41) is 19.2. The smallest absolute Gasteiger partial charge is 0.407 e. The minimum Gasteiger partial charge on any atom is -0.465 e. The van der Waals surface area contributed by atoms with Crippen molar-refractivity contribution in [3.05, 3.63) is 0 Å². The summed E-state index contributed by atoms with van der Waals surface area (Å²) in [6.45, 7) is 4.37. The summed E-state index contributed by atoms with van der Waals surface area (Å²) in [5.41, 5.74) is -0.542. The summed E-state index contributed by atoms with van der Waals surface area (Å²) in [6, 6.07) is 0.